The van der Waals surface area contributed by atoms with Crippen molar-refractivity contribution in [2.45, 2.75) is 59.7 Å². The normalized spacial score (nSPS) is 16.7. The summed E-state index contributed by atoms with van der Waals surface area (Å²) in [6.07, 6.45) is 4.90. The summed E-state index contributed by atoms with van der Waals surface area (Å²) in [6, 6.07) is 0.170. The number of anilines is 1. The minimum atomic E-state index is 0.170. The van der Waals surface area contributed by atoms with Crippen molar-refractivity contribution in [2.75, 3.05) is 18.4 Å². The average molecular weight is 396 g/mol. The van der Waals surface area contributed by atoms with Crippen LogP contribution in [-0.2, 0) is 17.9 Å². The first kappa shape index (κ1) is 19.4. The van der Waals surface area contributed by atoms with Crippen molar-refractivity contribution < 1.29 is 4.79 Å². The third-order valence-electron chi connectivity index (χ3n) is 5.68. The molecule has 1 aliphatic rings. The molecule has 9 heteroatoms. The third-order valence-corrected chi connectivity index (χ3v) is 5.68. The summed E-state index contributed by atoms with van der Waals surface area (Å²) in [5.74, 6) is 1.78. The highest BCUT2D eigenvalue weighted by Gasteiger charge is 2.27. The summed E-state index contributed by atoms with van der Waals surface area (Å²) >= 11 is 0. The van der Waals surface area contributed by atoms with E-state index in [0.717, 1.165) is 60.1 Å². The number of nitrogens with one attached hydrogen (secondary N) is 1. The van der Waals surface area contributed by atoms with E-state index in [9.17, 15) is 4.79 Å². The van der Waals surface area contributed by atoms with Crippen molar-refractivity contribution in [2.24, 2.45) is 0 Å². The molecule has 1 unspecified atom stereocenters. The van der Waals surface area contributed by atoms with Crippen molar-refractivity contribution in [1.82, 2.24) is 34.2 Å². The van der Waals surface area contributed by atoms with Crippen LogP contribution in [0.5, 0.6) is 0 Å². The zero-order chi connectivity index (χ0) is 20.5. The second kappa shape index (κ2) is 7.81. The van der Waals surface area contributed by atoms with Crippen LogP contribution >= 0.6 is 0 Å². The fourth-order valence-electron chi connectivity index (χ4n) is 4.05. The summed E-state index contributed by atoms with van der Waals surface area (Å²) in [6.45, 7) is 11.2. The number of imidazole rings is 1. The molecule has 1 amide bonds. The summed E-state index contributed by atoms with van der Waals surface area (Å²) in [5.41, 5.74) is 3.67. The van der Waals surface area contributed by atoms with E-state index in [-0.39, 0.29) is 11.9 Å². The Balaban J connectivity index is 1.69. The molecule has 0 bridgehead atoms. The molecule has 4 heterocycles. The number of carbonyl (C=O) groups is 1. The topological polar surface area (TPSA) is 93.8 Å². The van der Waals surface area contributed by atoms with Crippen molar-refractivity contribution in [3.05, 3.63) is 18.2 Å². The maximum absolute atomic E-state index is 12.0. The van der Waals surface area contributed by atoms with E-state index in [2.05, 4.69) is 45.7 Å². The SMILES string of the molecule is CCC(=O)N1CCC(Nc2ncnc3c2nc(-c2cnn(CC)c2C)n3CC)C1. The van der Waals surface area contributed by atoms with E-state index in [1.165, 1.54) is 0 Å². The third kappa shape index (κ3) is 3.34. The van der Waals surface area contributed by atoms with Crippen LogP contribution in [0.15, 0.2) is 12.5 Å². The number of hydrogen-bond acceptors (Lipinski definition) is 6. The van der Waals surface area contributed by atoms with Gasteiger partial charge in [-0.15, -0.1) is 0 Å². The van der Waals surface area contributed by atoms with E-state index < -0.39 is 0 Å². The molecule has 1 fully saturated rings. The molecule has 0 aliphatic carbocycles. The molecule has 9 nitrogen and oxygen atoms in total. The Morgan fingerprint density at radius 2 is 2.07 bits per heavy atom. The minimum Gasteiger partial charge on any atom is -0.364 e. The van der Waals surface area contributed by atoms with Gasteiger partial charge < -0.3 is 14.8 Å². The first-order chi connectivity index (χ1) is 14.1. The van der Waals surface area contributed by atoms with E-state index in [1.54, 1.807) is 6.33 Å². The lowest BCUT2D eigenvalue weighted by Crippen LogP contribution is -2.31. The number of aryl methyl sites for hydroxylation is 2. The van der Waals surface area contributed by atoms with Gasteiger partial charge in [-0.3, -0.25) is 9.48 Å². The average Bonchev–Trinajstić information content (AvgIpc) is 3.44. The number of fused-ring (bicyclic) bond motifs is 1. The van der Waals surface area contributed by atoms with Crippen LogP contribution < -0.4 is 5.32 Å². The molecule has 1 saturated heterocycles. The van der Waals surface area contributed by atoms with Gasteiger partial charge in [0, 0.05) is 44.3 Å². The van der Waals surface area contributed by atoms with Crippen LogP contribution in [0.2, 0.25) is 0 Å². The maximum atomic E-state index is 12.0. The number of carbonyl (C=O) groups excluding carboxylic acids is 1. The molecule has 29 heavy (non-hydrogen) atoms. The first-order valence-electron chi connectivity index (χ1n) is 10.4. The zero-order valence-corrected chi connectivity index (χ0v) is 17.5. The predicted octanol–water partition coefficient (Wildman–Crippen LogP) is 2.46. The Labute approximate surface area is 170 Å². The monoisotopic (exact) mass is 396 g/mol. The molecule has 0 saturated carbocycles. The molecule has 3 aromatic heterocycles. The van der Waals surface area contributed by atoms with Crippen LogP contribution in [0.4, 0.5) is 5.82 Å². The van der Waals surface area contributed by atoms with Crippen LogP contribution in [0, 0.1) is 6.92 Å². The fourth-order valence-corrected chi connectivity index (χ4v) is 4.05. The van der Waals surface area contributed by atoms with Crippen molar-refractivity contribution >= 4 is 22.9 Å². The van der Waals surface area contributed by atoms with E-state index in [0.29, 0.717) is 13.0 Å². The lowest BCUT2D eigenvalue weighted by Gasteiger charge is -2.16. The highest BCUT2D eigenvalue weighted by Crippen LogP contribution is 2.29. The summed E-state index contributed by atoms with van der Waals surface area (Å²) < 4.78 is 4.07. The number of rotatable bonds is 6. The van der Waals surface area contributed by atoms with Gasteiger partial charge in [-0.25, -0.2) is 15.0 Å². The summed E-state index contributed by atoms with van der Waals surface area (Å²) in [5, 5.41) is 7.97. The smallest absolute Gasteiger partial charge is 0.222 e. The van der Waals surface area contributed by atoms with Crippen molar-refractivity contribution in [1.29, 1.82) is 0 Å². The fraction of sp³-hybridized carbons (Fsp3) is 0.550. The van der Waals surface area contributed by atoms with E-state index in [4.69, 9.17) is 4.98 Å². The Hall–Kier alpha value is -2.97. The molecular weight excluding hydrogens is 368 g/mol. The molecule has 0 aromatic carbocycles. The standard InChI is InChI=1S/C20H28N8O/c1-5-16(29)26-9-8-14(11-26)24-18-17-20(22-12-21-18)27(6-2)19(25-17)15-10-23-28(7-3)13(15)4/h10,12,14H,5-9,11H2,1-4H3,(H,21,22,24). The van der Waals surface area contributed by atoms with Gasteiger partial charge in [0.15, 0.2) is 17.0 Å². The van der Waals surface area contributed by atoms with Gasteiger partial charge in [0.1, 0.15) is 12.2 Å². The largest absolute Gasteiger partial charge is 0.364 e. The summed E-state index contributed by atoms with van der Waals surface area (Å²) in [4.78, 5) is 27.8. The first-order valence-corrected chi connectivity index (χ1v) is 10.4. The van der Waals surface area contributed by atoms with Gasteiger partial charge in [-0.05, 0) is 27.2 Å². The quantitative estimate of drug-likeness (QED) is 0.688. The van der Waals surface area contributed by atoms with Crippen LogP contribution in [0.25, 0.3) is 22.6 Å². The van der Waals surface area contributed by atoms with Crippen molar-refractivity contribution in [3.63, 3.8) is 0 Å². The van der Waals surface area contributed by atoms with Crippen LogP contribution in [0.1, 0.15) is 39.3 Å². The Morgan fingerprint density at radius 3 is 2.76 bits per heavy atom. The molecule has 1 N–H and O–H groups in total. The van der Waals surface area contributed by atoms with Gasteiger partial charge in [0.25, 0.3) is 0 Å². The lowest BCUT2D eigenvalue weighted by atomic mass is 10.2. The Kier molecular flexibility index (Phi) is 5.21. The molecule has 0 spiro atoms. The number of hydrogen-bond donors (Lipinski definition) is 1. The van der Waals surface area contributed by atoms with E-state index in [1.807, 2.05) is 22.7 Å². The molecule has 0 radical (unpaired) electrons. The molecule has 1 atom stereocenters. The van der Waals surface area contributed by atoms with Gasteiger partial charge in [-0.2, -0.15) is 5.10 Å². The Bertz CT molecular complexity index is 1040. The number of likely N-dealkylation sites (tertiary alicyclic amines) is 1. The lowest BCUT2D eigenvalue weighted by molar-refractivity contribution is -0.129. The van der Waals surface area contributed by atoms with Crippen LogP contribution in [-0.4, -0.2) is 59.2 Å². The highest BCUT2D eigenvalue weighted by molar-refractivity contribution is 5.86. The molecule has 4 rings (SSSR count). The van der Waals surface area contributed by atoms with E-state index >= 15 is 0 Å². The second-order valence-corrected chi connectivity index (χ2v) is 7.36. The highest BCUT2D eigenvalue weighted by atomic mass is 16.2. The molecule has 1 aliphatic heterocycles. The van der Waals surface area contributed by atoms with Gasteiger partial charge in [0.2, 0.25) is 5.91 Å². The number of nitrogens with zero attached hydrogens (tertiary/aromatic N) is 7. The maximum Gasteiger partial charge on any atom is 0.222 e. The molecular formula is C20H28N8O. The number of aromatic nitrogens is 6. The van der Waals surface area contributed by atoms with Gasteiger partial charge in [0.05, 0.1) is 11.8 Å². The molecule has 154 valence electrons. The minimum absolute atomic E-state index is 0.170. The van der Waals surface area contributed by atoms with Gasteiger partial charge >= 0.3 is 0 Å². The Morgan fingerprint density at radius 1 is 1.24 bits per heavy atom. The second-order valence-electron chi connectivity index (χ2n) is 7.36. The summed E-state index contributed by atoms with van der Waals surface area (Å²) in [7, 11) is 0. The zero-order valence-electron chi connectivity index (χ0n) is 17.5. The van der Waals surface area contributed by atoms with Crippen LogP contribution in [0.3, 0.4) is 0 Å². The van der Waals surface area contributed by atoms with Crippen molar-refractivity contribution in [3.8, 4) is 11.4 Å². The molecule has 3 aromatic rings. The number of amides is 1. The predicted molar refractivity (Wildman–Crippen MR) is 112 cm³/mol. The van der Waals surface area contributed by atoms with Gasteiger partial charge in [-0.1, -0.05) is 6.92 Å².